The van der Waals surface area contributed by atoms with E-state index in [1.165, 1.54) is 6.07 Å². The lowest BCUT2D eigenvalue weighted by Crippen LogP contribution is -2.14. The Balaban J connectivity index is 2.50. The number of methoxy groups -OCH3 is 1. The number of aromatic nitrogens is 1. The molecule has 100 valence electrons. The molecular formula is C15H17FN2O. The van der Waals surface area contributed by atoms with Crippen molar-refractivity contribution in [1.82, 2.24) is 4.98 Å². The van der Waals surface area contributed by atoms with Crippen LogP contribution in [0.5, 0.6) is 5.75 Å². The van der Waals surface area contributed by atoms with Crippen LogP contribution in [0.25, 0.3) is 0 Å². The lowest BCUT2D eigenvalue weighted by atomic mass is 9.96. The Bertz CT molecular complexity index is 599. The lowest BCUT2D eigenvalue weighted by molar-refractivity contribution is 0.404. The van der Waals surface area contributed by atoms with Crippen molar-refractivity contribution in [2.45, 2.75) is 19.9 Å². The van der Waals surface area contributed by atoms with Gasteiger partial charge in [-0.15, -0.1) is 0 Å². The summed E-state index contributed by atoms with van der Waals surface area (Å²) in [6.07, 6.45) is 2.73. The first-order valence-electron chi connectivity index (χ1n) is 6.04. The van der Waals surface area contributed by atoms with E-state index in [2.05, 4.69) is 4.98 Å². The third-order valence-electron chi connectivity index (χ3n) is 3.33. The van der Waals surface area contributed by atoms with E-state index in [0.29, 0.717) is 5.56 Å². The van der Waals surface area contributed by atoms with Gasteiger partial charge in [0.2, 0.25) is 0 Å². The number of aryl methyl sites for hydroxylation is 1. The van der Waals surface area contributed by atoms with Crippen LogP contribution < -0.4 is 10.5 Å². The molecule has 0 saturated heterocycles. The zero-order valence-electron chi connectivity index (χ0n) is 11.3. The summed E-state index contributed by atoms with van der Waals surface area (Å²) in [5.74, 6) is 0.354. The van der Waals surface area contributed by atoms with Gasteiger partial charge in [0.25, 0.3) is 0 Å². The predicted octanol–water partition coefficient (Wildman–Crippen LogP) is 2.89. The van der Waals surface area contributed by atoms with E-state index < -0.39 is 11.9 Å². The smallest absolute Gasteiger partial charge is 0.141 e. The first-order valence-corrected chi connectivity index (χ1v) is 6.04. The largest absolute Gasteiger partial charge is 0.496 e. The maximum absolute atomic E-state index is 13.2. The molecule has 0 fully saturated rings. The average Bonchev–Trinajstić information content (AvgIpc) is 2.41. The van der Waals surface area contributed by atoms with Crippen molar-refractivity contribution >= 4 is 0 Å². The Morgan fingerprint density at radius 3 is 2.63 bits per heavy atom. The Labute approximate surface area is 112 Å². The Morgan fingerprint density at radius 2 is 2.00 bits per heavy atom. The fourth-order valence-electron chi connectivity index (χ4n) is 2.10. The van der Waals surface area contributed by atoms with Gasteiger partial charge in [0.15, 0.2) is 0 Å². The fraction of sp³-hybridized carbons (Fsp3) is 0.267. The predicted molar refractivity (Wildman–Crippen MR) is 72.7 cm³/mol. The van der Waals surface area contributed by atoms with Crippen LogP contribution in [-0.4, -0.2) is 12.1 Å². The molecule has 19 heavy (non-hydrogen) atoms. The van der Waals surface area contributed by atoms with Gasteiger partial charge in [0.1, 0.15) is 11.6 Å². The Morgan fingerprint density at radius 1 is 1.26 bits per heavy atom. The summed E-state index contributed by atoms with van der Waals surface area (Å²) in [4.78, 5) is 3.83. The van der Waals surface area contributed by atoms with Gasteiger partial charge in [-0.3, -0.25) is 4.98 Å². The fourth-order valence-corrected chi connectivity index (χ4v) is 2.10. The second kappa shape index (κ2) is 5.36. The van der Waals surface area contributed by atoms with Gasteiger partial charge in [-0.2, -0.15) is 0 Å². The standard InChI is InChI=1S/C15H17FN2O/c1-9-4-5-13(15(19-3)10(9)2)14(17)11-6-12(16)8-18-7-11/h4-8,14H,17H2,1-3H3. The molecule has 0 radical (unpaired) electrons. The van der Waals surface area contributed by atoms with Crippen molar-refractivity contribution in [3.05, 3.63) is 58.7 Å². The van der Waals surface area contributed by atoms with Crippen LogP contribution in [0.2, 0.25) is 0 Å². The number of ether oxygens (including phenoxy) is 1. The van der Waals surface area contributed by atoms with E-state index >= 15 is 0 Å². The number of benzene rings is 1. The van der Waals surface area contributed by atoms with Gasteiger partial charge < -0.3 is 10.5 Å². The summed E-state index contributed by atoms with van der Waals surface area (Å²) in [6.45, 7) is 3.99. The van der Waals surface area contributed by atoms with E-state index in [9.17, 15) is 4.39 Å². The average molecular weight is 260 g/mol. The van der Waals surface area contributed by atoms with E-state index in [1.807, 2.05) is 26.0 Å². The van der Waals surface area contributed by atoms with Crippen LogP contribution in [0.15, 0.2) is 30.6 Å². The Hall–Kier alpha value is -1.94. The minimum absolute atomic E-state index is 0.393. The van der Waals surface area contributed by atoms with Crippen LogP contribution >= 0.6 is 0 Å². The van der Waals surface area contributed by atoms with Crippen molar-refractivity contribution in [1.29, 1.82) is 0 Å². The number of halogens is 1. The van der Waals surface area contributed by atoms with E-state index in [1.54, 1.807) is 13.3 Å². The highest BCUT2D eigenvalue weighted by atomic mass is 19.1. The zero-order valence-corrected chi connectivity index (χ0v) is 11.3. The monoisotopic (exact) mass is 260 g/mol. The van der Waals surface area contributed by atoms with Crippen molar-refractivity contribution in [2.24, 2.45) is 5.73 Å². The second-order valence-electron chi connectivity index (χ2n) is 4.54. The number of nitrogens with two attached hydrogens (primary N) is 1. The van der Waals surface area contributed by atoms with Crippen LogP contribution in [0.3, 0.4) is 0 Å². The number of pyridine rings is 1. The van der Waals surface area contributed by atoms with Gasteiger partial charge in [0.05, 0.1) is 19.3 Å². The highest BCUT2D eigenvalue weighted by molar-refractivity contribution is 5.49. The maximum atomic E-state index is 13.2. The quantitative estimate of drug-likeness (QED) is 0.923. The summed E-state index contributed by atoms with van der Waals surface area (Å²) in [7, 11) is 1.61. The molecule has 1 aromatic heterocycles. The van der Waals surface area contributed by atoms with E-state index in [0.717, 1.165) is 28.6 Å². The number of nitrogens with zero attached hydrogens (tertiary/aromatic N) is 1. The van der Waals surface area contributed by atoms with Gasteiger partial charge in [-0.1, -0.05) is 12.1 Å². The molecule has 2 rings (SSSR count). The summed E-state index contributed by atoms with van der Waals surface area (Å²) < 4.78 is 18.7. The first-order chi connectivity index (χ1) is 9.04. The van der Waals surface area contributed by atoms with Crippen LogP contribution in [0.1, 0.15) is 28.3 Å². The maximum Gasteiger partial charge on any atom is 0.141 e. The minimum Gasteiger partial charge on any atom is -0.496 e. The third-order valence-corrected chi connectivity index (χ3v) is 3.33. The highest BCUT2D eigenvalue weighted by Crippen LogP contribution is 2.32. The molecule has 0 aliphatic heterocycles. The Kier molecular flexibility index (Phi) is 3.81. The SMILES string of the molecule is COc1c(C(N)c2cncc(F)c2)ccc(C)c1C. The number of hydrogen-bond donors (Lipinski definition) is 1. The van der Waals surface area contributed by atoms with Crippen molar-refractivity contribution in [2.75, 3.05) is 7.11 Å². The van der Waals surface area contributed by atoms with Crippen LogP contribution in [0.4, 0.5) is 4.39 Å². The molecule has 2 aromatic rings. The molecule has 0 saturated carbocycles. The molecule has 1 atom stereocenters. The number of hydrogen-bond acceptors (Lipinski definition) is 3. The topological polar surface area (TPSA) is 48.1 Å². The number of rotatable bonds is 3. The molecule has 0 amide bonds. The molecule has 1 unspecified atom stereocenters. The molecule has 1 aromatic carbocycles. The molecule has 0 aliphatic rings. The lowest BCUT2D eigenvalue weighted by Gasteiger charge is -2.18. The normalized spacial score (nSPS) is 12.3. The highest BCUT2D eigenvalue weighted by Gasteiger charge is 2.17. The van der Waals surface area contributed by atoms with Gasteiger partial charge in [0, 0.05) is 11.8 Å². The molecular weight excluding hydrogens is 243 g/mol. The van der Waals surface area contributed by atoms with E-state index in [-0.39, 0.29) is 0 Å². The molecule has 1 heterocycles. The van der Waals surface area contributed by atoms with Crippen molar-refractivity contribution < 1.29 is 9.13 Å². The third kappa shape index (κ3) is 2.58. The van der Waals surface area contributed by atoms with Crippen molar-refractivity contribution in [3.8, 4) is 5.75 Å². The summed E-state index contributed by atoms with van der Waals surface area (Å²) in [5.41, 5.74) is 9.82. The summed E-state index contributed by atoms with van der Waals surface area (Å²) in [6, 6.07) is 4.83. The van der Waals surface area contributed by atoms with Crippen molar-refractivity contribution in [3.63, 3.8) is 0 Å². The zero-order chi connectivity index (χ0) is 14.0. The molecule has 0 aliphatic carbocycles. The second-order valence-corrected chi connectivity index (χ2v) is 4.54. The molecule has 4 heteroatoms. The summed E-state index contributed by atoms with van der Waals surface area (Å²) in [5, 5.41) is 0. The molecule has 0 bridgehead atoms. The van der Waals surface area contributed by atoms with Gasteiger partial charge >= 0.3 is 0 Å². The van der Waals surface area contributed by atoms with Crippen LogP contribution in [-0.2, 0) is 0 Å². The van der Waals surface area contributed by atoms with Gasteiger partial charge in [-0.05, 0) is 36.6 Å². The molecule has 3 nitrogen and oxygen atoms in total. The molecule has 0 spiro atoms. The summed E-state index contributed by atoms with van der Waals surface area (Å²) >= 11 is 0. The minimum atomic E-state index is -0.461. The van der Waals surface area contributed by atoms with Crippen LogP contribution in [0, 0.1) is 19.7 Å². The van der Waals surface area contributed by atoms with Gasteiger partial charge in [-0.25, -0.2) is 4.39 Å². The molecule has 2 N–H and O–H groups in total. The van der Waals surface area contributed by atoms with E-state index in [4.69, 9.17) is 10.5 Å². The first kappa shape index (κ1) is 13.5.